The molecule has 1 aliphatic heterocycles. The van der Waals surface area contributed by atoms with Crippen LogP contribution in [-0.2, 0) is 6.18 Å². The minimum absolute atomic E-state index is 0.178. The Hall–Kier alpha value is -2.87. The maximum Gasteiger partial charge on any atom is 0.437 e. The fourth-order valence-electron chi connectivity index (χ4n) is 3.61. The summed E-state index contributed by atoms with van der Waals surface area (Å²) in [6.07, 6.45) is -4.63. The number of amides is 1. The van der Waals surface area contributed by atoms with Crippen molar-refractivity contribution >= 4 is 34.4 Å². The molecule has 0 saturated carbocycles. The number of nitrogens with zero attached hydrogens (tertiary/aromatic N) is 4. The maximum absolute atomic E-state index is 13.8. The minimum Gasteiger partial charge on any atom is -0.351 e. The van der Waals surface area contributed by atoms with Gasteiger partial charge in [0.2, 0.25) is 0 Å². The van der Waals surface area contributed by atoms with Crippen LogP contribution < -0.4 is 4.90 Å². The summed E-state index contributed by atoms with van der Waals surface area (Å²) in [4.78, 5) is 24.1. The first-order chi connectivity index (χ1) is 14.6. The van der Waals surface area contributed by atoms with Gasteiger partial charge in [0.05, 0.1) is 11.0 Å². The molecule has 2 heterocycles. The summed E-state index contributed by atoms with van der Waals surface area (Å²) in [6.45, 7) is 4.74. The Morgan fingerprint density at radius 1 is 0.935 bits per heavy atom. The summed E-state index contributed by atoms with van der Waals surface area (Å²) in [5.74, 6) is -0.370. The van der Waals surface area contributed by atoms with Gasteiger partial charge in [-0.1, -0.05) is 11.6 Å². The number of benzene rings is 2. The molecule has 0 radical (unpaired) electrons. The van der Waals surface area contributed by atoms with Crippen LogP contribution in [0.5, 0.6) is 0 Å². The summed E-state index contributed by atoms with van der Waals surface area (Å²) in [7, 11) is 0. The second kappa shape index (κ2) is 8.00. The van der Waals surface area contributed by atoms with Crippen LogP contribution in [0.15, 0.2) is 36.4 Å². The van der Waals surface area contributed by atoms with Crippen LogP contribution in [-0.4, -0.2) is 47.0 Å². The van der Waals surface area contributed by atoms with Crippen molar-refractivity contribution in [3.8, 4) is 0 Å². The van der Waals surface area contributed by atoms with E-state index in [1.165, 1.54) is 0 Å². The second-order valence-corrected chi connectivity index (χ2v) is 8.04. The highest BCUT2D eigenvalue weighted by Gasteiger charge is 2.39. The number of hydrogen-bond donors (Lipinski definition) is 0. The molecule has 1 fully saturated rings. The number of carbonyl (C=O) groups excluding carboxylic acids is 1. The van der Waals surface area contributed by atoms with Gasteiger partial charge in [0.25, 0.3) is 5.91 Å². The van der Waals surface area contributed by atoms with E-state index in [1.807, 2.05) is 13.8 Å². The average Bonchev–Trinajstić information content (AvgIpc) is 2.73. The zero-order valence-corrected chi connectivity index (χ0v) is 17.8. The van der Waals surface area contributed by atoms with E-state index in [2.05, 4.69) is 9.97 Å². The fraction of sp³-hybridized carbons (Fsp3) is 0.318. The summed E-state index contributed by atoms with van der Waals surface area (Å²) in [6, 6.07) is 9.92. The Labute approximate surface area is 182 Å². The quantitative estimate of drug-likeness (QED) is 0.560. The molecule has 3 aromatic rings. The van der Waals surface area contributed by atoms with Crippen molar-refractivity contribution in [1.82, 2.24) is 14.9 Å². The molecule has 1 aliphatic rings. The SMILES string of the molecule is Cc1cc2nc(N3CCN(C(=O)c4ccc(Cl)cc4)CC3)c(C(F)(F)F)nc2cc1C. The molecule has 0 aliphatic carbocycles. The molecule has 0 N–H and O–H groups in total. The number of anilines is 1. The number of halogens is 4. The predicted octanol–water partition coefficient (Wildman–Crippen LogP) is 4.88. The van der Waals surface area contributed by atoms with Crippen LogP contribution >= 0.6 is 11.6 Å². The molecule has 5 nitrogen and oxygen atoms in total. The number of rotatable bonds is 2. The highest BCUT2D eigenvalue weighted by atomic mass is 35.5. The van der Waals surface area contributed by atoms with E-state index >= 15 is 0 Å². The van der Waals surface area contributed by atoms with E-state index in [-0.39, 0.29) is 43.4 Å². The third-order valence-electron chi connectivity index (χ3n) is 5.49. The van der Waals surface area contributed by atoms with Gasteiger partial charge in [0.15, 0.2) is 11.5 Å². The zero-order chi connectivity index (χ0) is 22.3. The largest absolute Gasteiger partial charge is 0.437 e. The van der Waals surface area contributed by atoms with Crippen LogP contribution in [0, 0.1) is 13.8 Å². The molecule has 9 heteroatoms. The van der Waals surface area contributed by atoms with Gasteiger partial charge in [0.1, 0.15) is 0 Å². The van der Waals surface area contributed by atoms with E-state index in [0.29, 0.717) is 16.1 Å². The fourth-order valence-corrected chi connectivity index (χ4v) is 3.74. The van der Waals surface area contributed by atoms with Crippen LogP contribution in [0.3, 0.4) is 0 Å². The van der Waals surface area contributed by atoms with Gasteiger partial charge < -0.3 is 9.80 Å². The van der Waals surface area contributed by atoms with Crippen molar-refractivity contribution < 1.29 is 18.0 Å². The van der Waals surface area contributed by atoms with Crippen LogP contribution in [0.25, 0.3) is 11.0 Å². The predicted molar refractivity (Wildman–Crippen MR) is 114 cm³/mol. The molecule has 1 aromatic heterocycles. The Bertz CT molecular complexity index is 1140. The molecule has 2 aromatic carbocycles. The number of fused-ring (bicyclic) bond motifs is 1. The molecule has 0 bridgehead atoms. The van der Waals surface area contributed by atoms with E-state index < -0.39 is 11.9 Å². The van der Waals surface area contributed by atoms with Gasteiger partial charge in [-0.15, -0.1) is 0 Å². The summed E-state index contributed by atoms with van der Waals surface area (Å²) in [5.41, 5.74) is 1.93. The average molecular weight is 449 g/mol. The number of aromatic nitrogens is 2. The Morgan fingerprint density at radius 2 is 1.48 bits per heavy atom. The third kappa shape index (κ3) is 4.30. The monoisotopic (exact) mass is 448 g/mol. The number of alkyl halides is 3. The number of aryl methyl sites for hydroxylation is 2. The first-order valence-corrected chi connectivity index (χ1v) is 10.2. The van der Waals surface area contributed by atoms with E-state index in [1.54, 1.807) is 46.2 Å². The third-order valence-corrected chi connectivity index (χ3v) is 5.74. The highest BCUT2D eigenvalue weighted by Crippen LogP contribution is 2.36. The van der Waals surface area contributed by atoms with E-state index in [0.717, 1.165) is 11.1 Å². The lowest BCUT2D eigenvalue weighted by molar-refractivity contribution is -0.140. The first-order valence-electron chi connectivity index (χ1n) is 9.79. The zero-order valence-electron chi connectivity index (χ0n) is 17.0. The van der Waals surface area contributed by atoms with Gasteiger partial charge in [-0.25, -0.2) is 9.97 Å². The van der Waals surface area contributed by atoms with Gasteiger partial charge in [-0.05, 0) is 61.4 Å². The topological polar surface area (TPSA) is 49.3 Å². The summed E-state index contributed by atoms with van der Waals surface area (Å²) >= 11 is 5.86. The summed E-state index contributed by atoms with van der Waals surface area (Å²) < 4.78 is 41.3. The van der Waals surface area contributed by atoms with Crippen molar-refractivity contribution in [2.45, 2.75) is 20.0 Å². The molecule has 162 valence electrons. The highest BCUT2D eigenvalue weighted by molar-refractivity contribution is 6.30. The number of hydrogen-bond acceptors (Lipinski definition) is 4. The van der Waals surface area contributed by atoms with Gasteiger partial charge >= 0.3 is 6.18 Å². The van der Waals surface area contributed by atoms with Crippen LogP contribution in [0.4, 0.5) is 19.0 Å². The lowest BCUT2D eigenvalue weighted by Gasteiger charge is -2.36. The normalized spacial score (nSPS) is 14.9. The van der Waals surface area contributed by atoms with Crippen molar-refractivity contribution in [2.75, 3.05) is 31.1 Å². The molecule has 0 atom stereocenters. The van der Waals surface area contributed by atoms with Gasteiger partial charge in [-0.2, -0.15) is 13.2 Å². The summed E-state index contributed by atoms with van der Waals surface area (Å²) in [5, 5.41) is 0.529. The number of piperazine rings is 1. The van der Waals surface area contributed by atoms with Crippen LogP contribution in [0.2, 0.25) is 5.02 Å². The van der Waals surface area contributed by atoms with E-state index in [9.17, 15) is 18.0 Å². The lowest BCUT2D eigenvalue weighted by atomic mass is 10.1. The smallest absolute Gasteiger partial charge is 0.351 e. The molecule has 31 heavy (non-hydrogen) atoms. The molecule has 1 amide bonds. The Morgan fingerprint density at radius 3 is 2.03 bits per heavy atom. The molecule has 0 unspecified atom stereocenters. The Kier molecular flexibility index (Phi) is 5.51. The van der Waals surface area contributed by atoms with E-state index in [4.69, 9.17) is 11.6 Å². The second-order valence-electron chi connectivity index (χ2n) is 7.60. The first kappa shape index (κ1) is 21.4. The van der Waals surface area contributed by atoms with Crippen molar-refractivity contribution in [3.05, 3.63) is 63.8 Å². The molecular formula is C22H20ClF3N4O. The number of carbonyl (C=O) groups is 1. The lowest BCUT2D eigenvalue weighted by Crippen LogP contribution is -2.49. The van der Waals surface area contributed by atoms with Gasteiger partial charge in [-0.3, -0.25) is 4.79 Å². The van der Waals surface area contributed by atoms with Crippen molar-refractivity contribution in [2.24, 2.45) is 0 Å². The molecular weight excluding hydrogens is 429 g/mol. The molecule has 4 rings (SSSR count). The Balaban J connectivity index is 1.61. The minimum atomic E-state index is -4.63. The van der Waals surface area contributed by atoms with Crippen molar-refractivity contribution in [1.29, 1.82) is 0 Å². The van der Waals surface area contributed by atoms with Crippen molar-refractivity contribution in [3.63, 3.8) is 0 Å². The standard InChI is InChI=1S/C22H20ClF3N4O/c1-13-11-17-18(12-14(13)2)28-20(19(27-17)22(24,25)26)29-7-9-30(10-8-29)21(31)15-3-5-16(23)6-4-15/h3-6,11-12H,7-10H2,1-2H3. The maximum atomic E-state index is 13.8. The van der Waals surface area contributed by atoms with Gasteiger partial charge in [0, 0.05) is 36.8 Å². The molecule has 1 saturated heterocycles. The molecule has 0 spiro atoms. The van der Waals surface area contributed by atoms with Crippen LogP contribution in [0.1, 0.15) is 27.2 Å².